The summed E-state index contributed by atoms with van der Waals surface area (Å²) in [5.41, 5.74) is 4.44. The summed E-state index contributed by atoms with van der Waals surface area (Å²) in [5, 5.41) is 9.85. The van der Waals surface area contributed by atoms with Crippen LogP contribution in [0, 0.1) is 6.92 Å². The SMILES string of the molecule is Cc1ccc(C2c3ccc(O)cc3CCN2c2ccc(C(F)(F)F)cc2)cc1. The maximum atomic E-state index is 12.9. The van der Waals surface area contributed by atoms with Crippen molar-refractivity contribution >= 4 is 5.69 Å². The van der Waals surface area contributed by atoms with Gasteiger partial charge in [-0.1, -0.05) is 35.9 Å². The predicted octanol–water partition coefficient (Wildman–Crippen LogP) is 5.87. The van der Waals surface area contributed by atoms with Crippen molar-refractivity contribution in [2.24, 2.45) is 0 Å². The lowest BCUT2D eigenvalue weighted by Crippen LogP contribution is -2.36. The zero-order chi connectivity index (χ0) is 19.9. The number of benzene rings is 3. The van der Waals surface area contributed by atoms with Gasteiger partial charge in [-0.25, -0.2) is 0 Å². The Hall–Kier alpha value is -2.95. The molecule has 0 amide bonds. The molecular weight excluding hydrogens is 363 g/mol. The normalized spacial score (nSPS) is 16.7. The van der Waals surface area contributed by atoms with Crippen molar-refractivity contribution < 1.29 is 18.3 Å². The Balaban J connectivity index is 1.79. The minimum atomic E-state index is -4.35. The third kappa shape index (κ3) is 3.44. The summed E-state index contributed by atoms with van der Waals surface area (Å²) in [6.45, 7) is 2.67. The molecule has 1 aliphatic heterocycles. The van der Waals surface area contributed by atoms with E-state index in [1.165, 1.54) is 12.1 Å². The molecule has 144 valence electrons. The highest BCUT2D eigenvalue weighted by atomic mass is 19.4. The first kappa shape index (κ1) is 18.4. The number of hydrogen-bond acceptors (Lipinski definition) is 2. The van der Waals surface area contributed by atoms with E-state index < -0.39 is 11.7 Å². The standard InChI is InChI=1S/C23H20F3NO/c1-15-2-4-16(5-3-15)22-21-11-10-20(28)14-17(21)12-13-27(22)19-8-6-18(7-9-19)23(24,25)26/h2-11,14,22,28H,12-13H2,1H3. The Labute approximate surface area is 161 Å². The summed E-state index contributed by atoms with van der Waals surface area (Å²) in [4.78, 5) is 2.13. The van der Waals surface area contributed by atoms with Gasteiger partial charge in [0.2, 0.25) is 0 Å². The lowest BCUT2D eigenvalue weighted by atomic mass is 9.87. The number of phenolic OH excluding ortho intramolecular Hbond substituents is 1. The molecule has 1 heterocycles. The van der Waals surface area contributed by atoms with Gasteiger partial charge in [0, 0.05) is 12.2 Å². The van der Waals surface area contributed by atoms with Gasteiger partial charge in [-0.05, 0) is 66.4 Å². The van der Waals surface area contributed by atoms with E-state index >= 15 is 0 Å². The van der Waals surface area contributed by atoms with Crippen molar-refractivity contribution in [3.8, 4) is 5.75 Å². The van der Waals surface area contributed by atoms with Crippen LogP contribution in [0.2, 0.25) is 0 Å². The van der Waals surface area contributed by atoms with Crippen LogP contribution in [0.5, 0.6) is 5.75 Å². The maximum Gasteiger partial charge on any atom is 0.416 e. The molecular formula is C23H20F3NO. The highest BCUT2D eigenvalue weighted by Gasteiger charge is 2.32. The second kappa shape index (κ2) is 6.89. The molecule has 1 N–H and O–H groups in total. The van der Waals surface area contributed by atoms with E-state index in [9.17, 15) is 18.3 Å². The molecule has 0 saturated carbocycles. The van der Waals surface area contributed by atoms with Crippen LogP contribution >= 0.6 is 0 Å². The van der Waals surface area contributed by atoms with Gasteiger partial charge < -0.3 is 10.0 Å². The van der Waals surface area contributed by atoms with E-state index in [4.69, 9.17) is 0 Å². The van der Waals surface area contributed by atoms with Crippen molar-refractivity contribution in [3.05, 3.63) is 94.5 Å². The predicted molar refractivity (Wildman–Crippen MR) is 104 cm³/mol. The Morgan fingerprint density at radius 3 is 2.25 bits per heavy atom. The Morgan fingerprint density at radius 2 is 1.61 bits per heavy atom. The van der Waals surface area contributed by atoms with Gasteiger partial charge in [0.15, 0.2) is 0 Å². The maximum absolute atomic E-state index is 12.9. The molecule has 0 radical (unpaired) electrons. The lowest BCUT2D eigenvalue weighted by molar-refractivity contribution is -0.137. The highest BCUT2D eigenvalue weighted by molar-refractivity contribution is 5.57. The smallest absolute Gasteiger partial charge is 0.416 e. The van der Waals surface area contributed by atoms with Crippen molar-refractivity contribution in [1.82, 2.24) is 0 Å². The Bertz CT molecular complexity index is 978. The number of anilines is 1. The molecule has 4 rings (SSSR count). The first-order valence-corrected chi connectivity index (χ1v) is 9.15. The van der Waals surface area contributed by atoms with Crippen molar-refractivity contribution in [2.75, 3.05) is 11.4 Å². The van der Waals surface area contributed by atoms with Crippen LogP contribution < -0.4 is 4.90 Å². The fourth-order valence-corrected chi connectivity index (χ4v) is 3.84. The van der Waals surface area contributed by atoms with E-state index in [1.54, 1.807) is 12.1 Å². The molecule has 3 aromatic carbocycles. The van der Waals surface area contributed by atoms with E-state index in [0.717, 1.165) is 40.1 Å². The van der Waals surface area contributed by atoms with E-state index in [0.29, 0.717) is 13.0 Å². The number of rotatable bonds is 2. The van der Waals surface area contributed by atoms with Crippen LogP contribution in [0.4, 0.5) is 18.9 Å². The summed E-state index contributed by atoms with van der Waals surface area (Å²) >= 11 is 0. The number of halogens is 3. The van der Waals surface area contributed by atoms with Crippen molar-refractivity contribution in [2.45, 2.75) is 25.6 Å². The summed E-state index contributed by atoms with van der Waals surface area (Å²) in [5.74, 6) is 0.226. The molecule has 1 unspecified atom stereocenters. The summed E-state index contributed by atoms with van der Waals surface area (Å²) < 4.78 is 38.8. The number of aryl methyl sites for hydroxylation is 1. The van der Waals surface area contributed by atoms with Crippen LogP contribution in [0.15, 0.2) is 66.7 Å². The molecule has 0 spiro atoms. The van der Waals surface area contributed by atoms with Gasteiger partial charge in [-0.2, -0.15) is 13.2 Å². The van der Waals surface area contributed by atoms with Crippen LogP contribution in [0.3, 0.4) is 0 Å². The minimum absolute atomic E-state index is 0.123. The van der Waals surface area contributed by atoms with Gasteiger partial charge in [-0.3, -0.25) is 0 Å². The molecule has 0 saturated heterocycles. The first-order valence-electron chi connectivity index (χ1n) is 9.15. The lowest BCUT2D eigenvalue weighted by Gasteiger charge is -2.39. The van der Waals surface area contributed by atoms with E-state index in [-0.39, 0.29) is 11.8 Å². The van der Waals surface area contributed by atoms with Crippen molar-refractivity contribution in [1.29, 1.82) is 0 Å². The molecule has 1 aliphatic rings. The fourth-order valence-electron chi connectivity index (χ4n) is 3.84. The van der Waals surface area contributed by atoms with Gasteiger partial charge in [0.05, 0.1) is 11.6 Å². The zero-order valence-electron chi connectivity index (χ0n) is 15.4. The molecule has 0 aromatic heterocycles. The van der Waals surface area contributed by atoms with Crippen LogP contribution in [-0.4, -0.2) is 11.7 Å². The summed E-state index contributed by atoms with van der Waals surface area (Å²) in [6, 6.07) is 18.7. The average Bonchev–Trinajstić information content (AvgIpc) is 2.67. The average molecular weight is 383 g/mol. The topological polar surface area (TPSA) is 23.5 Å². The number of fused-ring (bicyclic) bond motifs is 1. The second-order valence-electron chi connectivity index (χ2n) is 7.18. The zero-order valence-corrected chi connectivity index (χ0v) is 15.4. The third-order valence-electron chi connectivity index (χ3n) is 5.27. The second-order valence-corrected chi connectivity index (χ2v) is 7.18. The molecule has 3 aromatic rings. The first-order chi connectivity index (χ1) is 13.3. The van der Waals surface area contributed by atoms with Crippen LogP contribution in [0.1, 0.15) is 33.9 Å². The van der Waals surface area contributed by atoms with Gasteiger partial charge >= 0.3 is 6.18 Å². The third-order valence-corrected chi connectivity index (χ3v) is 5.27. The molecule has 2 nitrogen and oxygen atoms in total. The largest absolute Gasteiger partial charge is 0.508 e. The van der Waals surface area contributed by atoms with E-state index in [1.807, 2.05) is 25.1 Å². The van der Waals surface area contributed by atoms with Crippen LogP contribution in [-0.2, 0) is 12.6 Å². The monoisotopic (exact) mass is 383 g/mol. The van der Waals surface area contributed by atoms with Crippen LogP contribution in [0.25, 0.3) is 0 Å². The summed E-state index contributed by atoms with van der Waals surface area (Å²) in [6.07, 6.45) is -3.63. The van der Waals surface area contributed by atoms with Gasteiger partial charge in [0.1, 0.15) is 5.75 Å². The molecule has 5 heteroatoms. The molecule has 0 fully saturated rings. The number of hydrogen-bond donors (Lipinski definition) is 1. The molecule has 28 heavy (non-hydrogen) atoms. The van der Waals surface area contributed by atoms with Gasteiger partial charge in [0.25, 0.3) is 0 Å². The number of nitrogens with zero attached hydrogens (tertiary/aromatic N) is 1. The van der Waals surface area contributed by atoms with Gasteiger partial charge in [-0.15, -0.1) is 0 Å². The molecule has 1 atom stereocenters. The minimum Gasteiger partial charge on any atom is -0.508 e. The molecule has 0 bridgehead atoms. The van der Waals surface area contributed by atoms with Crippen molar-refractivity contribution in [3.63, 3.8) is 0 Å². The number of alkyl halides is 3. The van der Waals surface area contributed by atoms with E-state index in [2.05, 4.69) is 17.0 Å². The Morgan fingerprint density at radius 1 is 0.929 bits per heavy atom. The highest BCUT2D eigenvalue weighted by Crippen LogP contribution is 2.40. The fraction of sp³-hybridized carbons (Fsp3) is 0.217. The summed E-state index contributed by atoms with van der Waals surface area (Å²) in [7, 11) is 0. The molecule has 0 aliphatic carbocycles. The number of aromatic hydroxyl groups is 1. The Kier molecular flexibility index (Phi) is 4.53. The number of phenols is 1. The quantitative estimate of drug-likeness (QED) is 0.598.